The number of nitrogens with zero attached hydrogens (tertiary/aromatic N) is 3. The number of carbonyl (C=O) groups excluding carboxylic acids is 1. The molecular weight excluding hydrogens is 276 g/mol. The van der Waals surface area contributed by atoms with Crippen molar-refractivity contribution in [1.29, 1.82) is 0 Å². The molecule has 1 fully saturated rings. The molecule has 20 heavy (non-hydrogen) atoms. The summed E-state index contributed by atoms with van der Waals surface area (Å²) in [4.78, 5) is 15.7. The lowest BCUT2D eigenvalue weighted by molar-refractivity contribution is -0.0224. The molecular formula is C13H16N4O2S. The fraction of sp³-hybridized carbons (Fsp3) is 0.462. The van der Waals surface area contributed by atoms with E-state index in [1.54, 1.807) is 12.3 Å². The fourth-order valence-electron chi connectivity index (χ4n) is 2.33. The van der Waals surface area contributed by atoms with Crippen molar-refractivity contribution >= 4 is 33.1 Å². The molecule has 0 bridgehead atoms. The Bertz CT molecular complexity index is 642. The van der Waals surface area contributed by atoms with Crippen LogP contribution in [-0.2, 0) is 4.74 Å². The van der Waals surface area contributed by atoms with E-state index in [2.05, 4.69) is 17.1 Å². The Balaban J connectivity index is 1.90. The summed E-state index contributed by atoms with van der Waals surface area (Å²) >= 11 is 1.30. The van der Waals surface area contributed by atoms with E-state index in [1.807, 2.05) is 4.90 Å². The number of hydrogen-bond acceptors (Lipinski definition) is 6. The molecule has 1 atom stereocenters. The number of ether oxygens (including phenoxy) is 1. The van der Waals surface area contributed by atoms with Crippen molar-refractivity contribution in [3.05, 3.63) is 17.1 Å². The smallest absolute Gasteiger partial charge is 0.266 e. The van der Waals surface area contributed by atoms with Crippen LogP contribution >= 0.6 is 11.3 Å². The molecule has 1 aliphatic heterocycles. The second kappa shape index (κ2) is 5.34. The Kier molecular flexibility index (Phi) is 3.54. The summed E-state index contributed by atoms with van der Waals surface area (Å²) in [6.45, 7) is 3.86. The third-order valence-electron chi connectivity index (χ3n) is 3.50. The summed E-state index contributed by atoms with van der Waals surface area (Å²) in [6, 6.07) is 1.79. The summed E-state index contributed by atoms with van der Waals surface area (Å²) in [5.74, 6) is -0.0350. The Labute approximate surface area is 120 Å². The zero-order valence-electron chi connectivity index (χ0n) is 11.2. The molecule has 1 amide bonds. The number of hydrogen-bond donors (Lipinski definition) is 1. The molecule has 2 aromatic heterocycles. The number of morpholine rings is 1. The molecule has 0 aliphatic carbocycles. The van der Waals surface area contributed by atoms with E-state index in [9.17, 15) is 4.79 Å². The highest BCUT2D eigenvalue weighted by atomic mass is 32.1. The maximum absolute atomic E-state index is 12.6. The van der Waals surface area contributed by atoms with E-state index >= 15 is 0 Å². The van der Waals surface area contributed by atoms with Crippen molar-refractivity contribution in [3.8, 4) is 0 Å². The van der Waals surface area contributed by atoms with Crippen LogP contribution in [0.3, 0.4) is 0 Å². The minimum atomic E-state index is -0.0350. The van der Waals surface area contributed by atoms with Gasteiger partial charge in [0.1, 0.15) is 9.71 Å². The minimum absolute atomic E-state index is 0.0350. The number of rotatable bonds is 2. The number of amides is 1. The number of aromatic nitrogens is 2. The molecule has 0 spiro atoms. The number of fused-ring (bicyclic) bond motifs is 1. The third kappa shape index (κ3) is 2.23. The summed E-state index contributed by atoms with van der Waals surface area (Å²) in [5, 5.41) is 8.64. The fourth-order valence-corrected chi connectivity index (χ4v) is 3.33. The van der Waals surface area contributed by atoms with Gasteiger partial charge >= 0.3 is 0 Å². The van der Waals surface area contributed by atoms with Gasteiger partial charge in [-0.25, -0.2) is 0 Å². The number of nitrogens with two attached hydrogens (primary N) is 1. The first-order chi connectivity index (χ1) is 9.70. The van der Waals surface area contributed by atoms with Crippen LogP contribution in [0.2, 0.25) is 0 Å². The normalized spacial score (nSPS) is 19.4. The van der Waals surface area contributed by atoms with Gasteiger partial charge in [0.25, 0.3) is 5.91 Å². The van der Waals surface area contributed by atoms with E-state index in [1.165, 1.54) is 11.3 Å². The van der Waals surface area contributed by atoms with Gasteiger partial charge in [-0.1, -0.05) is 6.92 Å². The number of anilines is 1. The lowest BCUT2D eigenvalue weighted by Crippen LogP contribution is -2.45. The summed E-state index contributed by atoms with van der Waals surface area (Å²) in [7, 11) is 0. The monoisotopic (exact) mass is 292 g/mol. The highest BCUT2D eigenvalue weighted by Gasteiger charge is 2.27. The molecule has 3 rings (SSSR count). The predicted octanol–water partition coefficient (Wildman–Crippen LogP) is 1.52. The summed E-state index contributed by atoms with van der Waals surface area (Å²) in [6.07, 6.45) is 2.60. The SMILES string of the molecule is CCC1CN(C(=O)c2sc3nnccc3c2N)CCO1. The standard InChI is InChI=1S/C13H16N4O2S/c1-2-8-7-17(5-6-19-8)13(18)11-10(14)9-3-4-15-16-12(9)20-11/h3-4,8H,2,5-7,14H2,1H3. The van der Waals surface area contributed by atoms with Gasteiger partial charge in [0.05, 0.1) is 24.6 Å². The lowest BCUT2D eigenvalue weighted by Gasteiger charge is -2.32. The largest absolute Gasteiger partial charge is 0.397 e. The molecule has 0 aromatic carbocycles. The molecule has 7 heteroatoms. The van der Waals surface area contributed by atoms with Gasteiger partial charge in [-0.05, 0) is 12.5 Å². The van der Waals surface area contributed by atoms with E-state index < -0.39 is 0 Å². The second-order valence-corrected chi connectivity index (χ2v) is 5.75. The Morgan fingerprint density at radius 2 is 2.50 bits per heavy atom. The van der Waals surface area contributed by atoms with Crippen LogP contribution in [0.1, 0.15) is 23.0 Å². The van der Waals surface area contributed by atoms with Crippen LogP contribution in [-0.4, -0.2) is 46.8 Å². The van der Waals surface area contributed by atoms with Crippen LogP contribution in [0.25, 0.3) is 10.2 Å². The predicted molar refractivity (Wildman–Crippen MR) is 77.8 cm³/mol. The average Bonchev–Trinajstić information content (AvgIpc) is 2.84. The molecule has 2 N–H and O–H groups in total. The summed E-state index contributed by atoms with van der Waals surface area (Å²) < 4.78 is 5.59. The molecule has 0 radical (unpaired) electrons. The van der Waals surface area contributed by atoms with Crippen molar-refractivity contribution in [2.75, 3.05) is 25.4 Å². The molecule has 1 saturated heterocycles. The first-order valence-electron chi connectivity index (χ1n) is 6.61. The van der Waals surface area contributed by atoms with Crippen molar-refractivity contribution in [1.82, 2.24) is 15.1 Å². The van der Waals surface area contributed by atoms with Crippen LogP contribution in [0.4, 0.5) is 5.69 Å². The zero-order valence-corrected chi connectivity index (χ0v) is 12.0. The lowest BCUT2D eigenvalue weighted by atomic mass is 10.2. The van der Waals surface area contributed by atoms with E-state index in [-0.39, 0.29) is 12.0 Å². The van der Waals surface area contributed by atoms with Gasteiger partial charge in [0.15, 0.2) is 0 Å². The molecule has 0 saturated carbocycles. The Hall–Kier alpha value is -1.73. The van der Waals surface area contributed by atoms with Crippen molar-refractivity contribution in [2.45, 2.75) is 19.4 Å². The highest BCUT2D eigenvalue weighted by molar-refractivity contribution is 7.21. The molecule has 1 unspecified atom stereocenters. The summed E-state index contributed by atoms with van der Waals surface area (Å²) in [5.41, 5.74) is 6.58. The molecule has 106 valence electrons. The van der Waals surface area contributed by atoms with E-state index in [0.29, 0.717) is 35.1 Å². The first-order valence-corrected chi connectivity index (χ1v) is 7.43. The van der Waals surface area contributed by atoms with Gasteiger partial charge in [-0.15, -0.1) is 16.4 Å². The first kappa shape index (κ1) is 13.3. The molecule has 1 aliphatic rings. The van der Waals surface area contributed by atoms with Crippen molar-refractivity contribution in [2.24, 2.45) is 0 Å². The van der Waals surface area contributed by atoms with Crippen LogP contribution in [0.15, 0.2) is 12.3 Å². The Morgan fingerprint density at radius 3 is 3.25 bits per heavy atom. The number of nitrogen functional groups attached to an aromatic ring is 1. The van der Waals surface area contributed by atoms with Crippen LogP contribution in [0, 0.1) is 0 Å². The van der Waals surface area contributed by atoms with Gasteiger partial charge < -0.3 is 15.4 Å². The maximum atomic E-state index is 12.6. The molecule has 6 nitrogen and oxygen atoms in total. The quantitative estimate of drug-likeness (QED) is 0.907. The minimum Gasteiger partial charge on any atom is -0.397 e. The zero-order chi connectivity index (χ0) is 14.1. The van der Waals surface area contributed by atoms with Gasteiger partial charge in [-0.3, -0.25) is 4.79 Å². The van der Waals surface area contributed by atoms with Crippen molar-refractivity contribution < 1.29 is 9.53 Å². The van der Waals surface area contributed by atoms with Gasteiger partial charge in [0, 0.05) is 18.5 Å². The van der Waals surface area contributed by atoms with Crippen LogP contribution < -0.4 is 5.73 Å². The molecule has 3 heterocycles. The van der Waals surface area contributed by atoms with Gasteiger partial charge in [-0.2, -0.15) is 5.10 Å². The van der Waals surface area contributed by atoms with E-state index in [0.717, 1.165) is 11.8 Å². The number of carbonyl (C=O) groups is 1. The van der Waals surface area contributed by atoms with E-state index in [4.69, 9.17) is 10.5 Å². The molecule has 2 aromatic rings. The van der Waals surface area contributed by atoms with Gasteiger partial charge in [0.2, 0.25) is 0 Å². The topological polar surface area (TPSA) is 81.3 Å². The van der Waals surface area contributed by atoms with Crippen molar-refractivity contribution in [3.63, 3.8) is 0 Å². The number of thiophene rings is 1. The average molecular weight is 292 g/mol. The second-order valence-electron chi connectivity index (χ2n) is 4.75. The highest BCUT2D eigenvalue weighted by Crippen LogP contribution is 2.32. The van der Waals surface area contributed by atoms with Crippen LogP contribution in [0.5, 0.6) is 0 Å². The Morgan fingerprint density at radius 1 is 1.65 bits per heavy atom. The maximum Gasteiger partial charge on any atom is 0.266 e. The third-order valence-corrected chi connectivity index (χ3v) is 4.59.